The summed E-state index contributed by atoms with van der Waals surface area (Å²) in [5, 5.41) is 0. The Hall–Kier alpha value is -1.69. The van der Waals surface area contributed by atoms with Crippen molar-refractivity contribution in [2.24, 2.45) is 0 Å². The molecule has 1 aromatic heterocycles. The lowest BCUT2D eigenvalue weighted by Crippen LogP contribution is -2.17. The summed E-state index contributed by atoms with van der Waals surface area (Å²) >= 11 is 0.522. The summed E-state index contributed by atoms with van der Waals surface area (Å²) in [6.45, 7) is 6.02. The minimum atomic E-state index is -2.42. The van der Waals surface area contributed by atoms with Gasteiger partial charge in [0, 0.05) is 21.9 Å². The third-order valence-electron chi connectivity index (χ3n) is 2.79. The van der Waals surface area contributed by atoms with Gasteiger partial charge >= 0.3 is 0 Å². The lowest BCUT2D eigenvalue weighted by molar-refractivity contribution is 0.252. The molecule has 0 bridgehead atoms. The highest BCUT2D eigenvalue weighted by atomic mass is 32.2. The van der Waals surface area contributed by atoms with Crippen molar-refractivity contribution in [2.45, 2.75) is 36.8 Å². The maximum absolute atomic E-state index is 12.3. The van der Waals surface area contributed by atoms with Gasteiger partial charge in [-0.25, -0.2) is 9.97 Å². The van der Waals surface area contributed by atoms with E-state index in [9.17, 15) is 8.78 Å². The van der Waals surface area contributed by atoms with Crippen LogP contribution in [0.4, 0.5) is 14.6 Å². The maximum Gasteiger partial charge on any atom is 0.288 e. The normalized spacial score (nSPS) is 11.9. The van der Waals surface area contributed by atoms with Crippen molar-refractivity contribution in [3.8, 4) is 11.3 Å². The molecule has 2 N–H and O–H groups in total. The van der Waals surface area contributed by atoms with E-state index < -0.39 is 5.76 Å². The number of thioether (sulfide) groups is 1. The zero-order chi connectivity index (χ0) is 15.6. The lowest BCUT2D eigenvalue weighted by Gasteiger charge is -2.17. The molecule has 0 aliphatic heterocycles. The number of halogens is 2. The van der Waals surface area contributed by atoms with Crippen LogP contribution in [-0.4, -0.2) is 15.7 Å². The highest BCUT2D eigenvalue weighted by Gasteiger charge is 2.19. The molecule has 0 unspecified atom stereocenters. The van der Waals surface area contributed by atoms with Crippen LogP contribution in [0.15, 0.2) is 35.2 Å². The van der Waals surface area contributed by atoms with E-state index in [1.165, 1.54) is 0 Å². The van der Waals surface area contributed by atoms with E-state index in [1.54, 1.807) is 30.3 Å². The Morgan fingerprint density at radius 1 is 1.10 bits per heavy atom. The fraction of sp³-hybridized carbons (Fsp3) is 0.333. The second kappa shape index (κ2) is 5.97. The summed E-state index contributed by atoms with van der Waals surface area (Å²) in [7, 11) is 0. The molecule has 1 heterocycles. The number of nitrogens with two attached hydrogens (primary N) is 1. The first-order valence-electron chi connectivity index (χ1n) is 6.46. The van der Waals surface area contributed by atoms with Crippen molar-refractivity contribution >= 4 is 17.6 Å². The number of alkyl halides is 2. The largest absolute Gasteiger partial charge is 0.384 e. The van der Waals surface area contributed by atoms with E-state index >= 15 is 0 Å². The quantitative estimate of drug-likeness (QED) is 0.857. The Labute approximate surface area is 127 Å². The first kappa shape index (κ1) is 15.7. The Bertz CT molecular complexity index is 622. The summed E-state index contributed by atoms with van der Waals surface area (Å²) in [5.74, 6) is -1.36. The summed E-state index contributed by atoms with van der Waals surface area (Å²) in [6, 6.07) is 8.52. The molecule has 2 aromatic rings. The Kier molecular flexibility index (Phi) is 4.46. The molecule has 0 radical (unpaired) electrons. The van der Waals surface area contributed by atoms with Crippen LogP contribution in [0.25, 0.3) is 11.3 Å². The van der Waals surface area contributed by atoms with Crippen molar-refractivity contribution < 1.29 is 8.78 Å². The van der Waals surface area contributed by atoms with Crippen LogP contribution in [0.5, 0.6) is 0 Å². The number of aromatic nitrogens is 2. The second-order valence-electron chi connectivity index (χ2n) is 5.65. The van der Waals surface area contributed by atoms with Gasteiger partial charge in [0.2, 0.25) is 0 Å². The van der Waals surface area contributed by atoms with Crippen molar-refractivity contribution in [2.75, 3.05) is 5.73 Å². The van der Waals surface area contributed by atoms with Crippen LogP contribution in [0.2, 0.25) is 0 Å². The van der Waals surface area contributed by atoms with E-state index in [1.807, 2.05) is 20.8 Å². The third kappa shape index (κ3) is 4.14. The van der Waals surface area contributed by atoms with Crippen LogP contribution >= 0.6 is 11.8 Å². The topological polar surface area (TPSA) is 51.8 Å². The summed E-state index contributed by atoms with van der Waals surface area (Å²) in [5.41, 5.74) is 7.14. The molecule has 0 spiro atoms. The summed E-state index contributed by atoms with van der Waals surface area (Å²) in [6.07, 6.45) is 0. The molecule has 0 fully saturated rings. The van der Waals surface area contributed by atoms with Crippen LogP contribution < -0.4 is 5.73 Å². The third-order valence-corrected chi connectivity index (χ3v) is 3.51. The molecular weight excluding hydrogens is 292 g/mol. The van der Waals surface area contributed by atoms with Crippen LogP contribution in [0, 0.1) is 0 Å². The highest BCUT2D eigenvalue weighted by Crippen LogP contribution is 2.29. The van der Waals surface area contributed by atoms with Gasteiger partial charge in [0.15, 0.2) is 0 Å². The van der Waals surface area contributed by atoms with Crippen molar-refractivity contribution in [1.82, 2.24) is 9.97 Å². The minimum Gasteiger partial charge on any atom is -0.384 e. The molecular formula is C15H17F2N3S. The van der Waals surface area contributed by atoms with Gasteiger partial charge in [0.25, 0.3) is 5.76 Å². The Morgan fingerprint density at radius 3 is 2.24 bits per heavy atom. The molecule has 0 amide bonds. The standard InChI is InChI=1S/C15H17F2N3S/c1-15(2,3)13-19-11(8-12(18)20-13)9-4-6-10(7-5-9)21-14(16)17/h4-8,14H,1-3H3,(H2,18,19,20). The van der Waals surface area contributed by atoms with E-state index in [0.29, 0.717) is 34.0 Å². The van der Waals surface area contributed by atoms with Gasteiger partial charge in [0.1, 0.15) is 11.6 Å². The average molecular weight is 309 g/mol. The summed E-state index contributed by atoms with van der Waals surface area (Å²) in [4.78, 5) is 9.29. The van der Waals surface area contributed by atoms with Crippen LogP contribution in [0.1, 0.15) is 26.6 Å². The van der Waals surface area contributed by atoms with Crippen molar-refractivity contribution in [3.05, 3.63) is 36.2 Å². The molecule has 21 heavy (non-hydrogen) atoms. The number of nitrogens with zero attached hydrogens (tertiary/aromatic N) is 2. The first-order chi connectivity index (χ1) is 9.75. The molecule has 0 aliphatic rings. The van der Waals surface area contributed by atoms with Crippen LogP contribution in [-0.2, 0) is 5.41 Å². The zero-order valence-corrected chi connectivity index (χ0v) is 12.9. The second-order valence-corrected chi connectivity index (χ2v) is 6.72. The van der Waals surface area contributed by atoms with Crippen molar-refractivity contribution in [1.29, 1.82) is 0 Å². The first-order valence-corrected chi connectivity index (χ1v) is 7.34. The Morgan fingerprint density at radius 2 is 1.71 bits per heavy atom. The predicted molar refractivity (Wildman–Crippen MR) is 82.4 cm³/mol. The lowest BCUT2D eigenvalue weighted by atomic mass is 9.95. The van der Waals surface area contributed by atoms with E-state index in [2.05, 4.69) is 9.97 Å². The molecule has 3 nitrogen and oxygen atoms in total. The van der Waals surface area contributed by atoms with Gasteiger partial charge in [-0.05, 0) is 12.1 Å². The van der Waals surface area contributed by atoms with E-state index in [-0.39, 0.29) is 5.41 Å². The van der Waals surface area contributed by atoms with Crippen molar-refractivity contribution in [3.63, 3.8) is 0 Å². The molecule has 1 aromatic carbocycles. The molecule has 0 saturated carbocycles. The smallest absolute Gasteiger partial charge is 0.288 e. The van der Waals surface area contributed by atoms with Gasteiger partial charge in [-0.3, -0.25) is 0 Å². The number of anilines is 1. The molecule has 0 saturated heterocycles. The fourth-order valence-electron chi connectivity index (χ4n) is 1.76. The molecule has 0 aliphatic carbocycles. The monoisotopic (exact) mass is 309 g/mol. The number of hydrogen-bond donors (Lipinski definition) is 1. The van der Waals surface area contributed by atoms with Gasteiger partial charge in [-0.15, -0.1) is 0 Å². The molecule has 0 atom stereocenters. The molecule has 112 valence electrons. The molecule has 6 heteroatoms. The highest BCUT2D eigenvalue weighted by molar-refractivity contribution is 7.99. The number of nitrogen functional groups attached to an aromatic ring is 1. The van der Waals surface area contributed by atoms with Gasteiger partial charge < -0.3 is 5.73 Å². The predicted octanol–water partition coefficient (Wildman–Crippen LogP) is 4.34. The van der Waals surface area contributed by atoms with Gasteiger partial charge in [0.05, 0.1) is 5.69 Å². The Balaban J connectivity index is 2.35. The van der Waals surface area contributed by atoms with E-state index in [0.717, 1.165) is 5.56 Å². The zero-order valence-electron chi connectivity index (χ0n) is 12.1. The number of hydrogen-bond acceptors (Lipinski definition) is 4. The molecule has 2 rings (SSSR count). The maximum atomic E-state index is 12.3. The van der Waals surface area contributed by atoms with Crippen LogP contribution in [0.3, 0.4) is 0 Å². The fourth-order valence-corrected chi connectivity index (χ4v) is 2.26. The number of benzene rings is 1. The van der Waals surface area contributed by atoms with Gasteiger partial charge in [-0.2, -0.15) is 8.78 Å². The summed E-state index contributed by atoms with van der Waals surface area (Å²) < 4.78 is 24.6. The SMILES string of the molecule is CC(C)(C)c1nc(N)cc(-c2ccc(SC(F)F)cc2)n1. The van der Waals surface area contributed by atoms with Gasteiger partial charge in [-0.1, -0.05) is 44.7 Å². The number of rotatable bonds is 3. The van der Waals surface area contributed by atoms with E-state index in [4.69, 9.17) is 5.73 Å². The minimum absolute atomic E-state index is 0.213. The average Bonchev–Trinajstić information content (AvgIpc) is 2.37.